The maximum atomic E-state index is 10.9. The molecule has 1 heterocycles. The summed E-state index contributed by atoms with van der Waals surface area (Å²) >= 11 is 0. The van der Waals surface area contributed by atoms with E-state index in [2.05, 4.69) is 0 Å². The SMILES string of the molecule is Cc1ccc(C)n(O)c1=O. The molecule has 0 spiro atoms. The fourth-order valence-corrected chi connectivity index (χ4v) is 0.715. The van der Waals surface area contributed by atoms with Gasteiger partial charge in [-0.2, -0.15) is 4.73 Å². The monoisotopic (exact) mass is 139 g/mol. The Morgan fingerprint density at radius 2 is 2.00 bits per heavy atom. The van der Waals surface area contributed by atoms with Crippen molar-refractivity contribution in [2.75, 3.05) is 0 Å². The molecule has 3 heteroatoms. The van der Waals surface area contributed by atoms with Gasteiger partial charge in [0.05, 0.1) is 5.69 Å². The highest BCUT2D eigenvalue weighted by molar-refractivity contribution is 5.12. The van der Waals surface area contributed by atoms with E-state index in [9.17, 15) is 4.79 Å². The van der Waals surface area contributed by atoms with Crippen molar-refractivity contribution < 1.29 is 5.21 Å². The fraction of sp³-hybridized carbons (Fsp3) is 0.286. The Kier molecular flexibility index (Phi) is 1.49. The summed E-state index contributed by atoms with van der Waals surface area (Å²) in [6, 6.07) is 3.38. The summed E-state index contributed by atoms with van der Waals surface area (Å²) < 4.78 is 0.648. The predicted octanol–water partition coefficient (Wildman–Crippen LogP) is 0.702. The fourth-order valence-electron chi connectivity index (χ4n) is 0.715. The number of pyridine rings is 1. The molecule has 0 unspecified atom stereocenters. The molecule has 3 nitrogen and oxygen atoms in total. The van der Waals surface area contributed by atoms with E-state index in [-0.39, 0.29) is 5.56 Å². The van der Waals surface area contributed by atoms with Crippen LogP contribution in [0, 0.1) is 13.8 Å². The van der Waals surface area contributed by atoms with Gasteiger partial charge in [-0.25, -0.2) is 0 Å². The van der Waals surface area contributed by atoms with Gasteiger partial charge in [0.25, 0.3) is 5.56 Å². The van der Waals surface area contributed by atoms with Gasteiger partial charge in [-0.05, 0) is 19.9 Å². The van der Waals surface area contributed by atoms with Crippen LogP contribution in [0.4, 0.5) is 0 Å². The first-order chi connectivity index (χ1) is 4.63. The maximum Gasteiger partial charge on any atom is 0.285 e. The maximum absolute atomic E-state index is 10.9. The molecule has 0 aliphatic carbocycles. The second-order valence-corrected chi connectivity index (χ2v) is 2.27. The highest BCUT2D eigenvalue weighted by Gasteiger charge is 1.98. The smallest absolute Gasteiger partial charge is 0.285 e. The molecule has 0 fully saturated rings. The summed E-state index contributed by atoms with van der Waals surface area (Å²) in [5, 5.41) is 8.99. The van der Waals surface area contributed by atoms with E-state index in [1.807, 2.05) is 0 Å². The number of nitrogens with zero attached hydrogens (tertiary/aromatic N) is 1. The van der Waals surface area contributed by atoms with Crippen LogP contribution in [0.25, 0.3) is 0 Å². The Hall–Kier alpha value is -1.25. The van der Waals surface area contributed by atoms with Gasteiger partial charge in [0.2, 0.25) is 0 Å². The number of aromatic nitrogens is 1. The van der Waals surface area contributed by atoms with Gasteiger partial charge in [0.1, 0.15) is 0 Å². The molecular formula is C7H9NO2. The van der Waals surface area contributed by atoms with E-state index in [1.54, 1.807) is 26.0 Å². The van der Waals surface area contributed by atoms with Crippen LogP contribution >= 0.6 is 0 Å². The predicted molar refractivity (Wildman–Crippen MR) is 37.4 cm³/mol. The zero-order valence-electron chi connectivity index (χ0n) is 5.96. The average Bonchev–Trinajstić information content (AvgIpc) is 1.93. The Bertz CT molecular complexity index is 301. The summed E-state index contributed by atoms with van der Waals surface area (Å²) in [5.74, 6) is 0. The van der Waals surface area contributed by atoms with Crippen LogP contribution in [0.15, 0.2) is 16.9 Å². The summed E-state index contributed by atoms with van der Waals surface area (Å²) in [4.78, 5) is 10.9. The van der Waals surface area contributed by atoms with E-state index in [0.29, 0.717) is 16.0 Å². The van der Waals surface area contributed by atoms with Crippen LogP contribution in [0.5, 0.6) is 0 Å². The van der Waals surface area contributed by atoms with Gasteiger partial charge in [-0.3, -0.25) is 4.79 Å². The molecule has 0 bridgehead atoms. The topological polar surface area (TPSA) is 42.2 Å². The van der Waals surface area contributed by atoms with Gasteiger partial charge in [0.15, 0.2) is 0 Å². The second kappa shape index (κ2) is 2.17. The molecule has 0 radical (unpaired) electrons. The molecule has 0 saturated heterocycles. The molecule has 1 N–H and O–H groups in total. The van der Waals surface area contributed by atoms with Gasteiger partial charge in [-0.15, -0.1) is 0 Å². The third-order valence-corrected chi connectivity index (χ3v) is 1.44. The van der Waals surface area contributed by atoms with E-state index >= 15 is 0 Å². The molecule has 1 aromatic rings. The molecule has 0 aliphatic rings. The van der Waals surface area contributed by atoms with Crippen LogP contribution in [-0.4, -0.2) is 9.94 Å². The van der Waals surface area contributed by atoms with E-state index in [0.717, 1.165) is 0 Å². The highest BCUT2D eigenvalue weighted by Crippen LogP contribution is 1.92. The minimum atomic E-state index is -0.347. The van der Waals surface area contributed by atoms with Crippen LogP contribution in [0.1, 0.15) is 11.3 Å². The first-order valence-electron chi connectivity index (χ1n) is 3.01. The summed E-state index contributed by atoms with van der Waals surface area (Å²) in [6.45, 7) is 3.33. The van der Waals surface area contributed by atoms with Crippen molar-refractivity contribution in [1.29, 1.82) is 0 Å². The number of aryl methyl sites for hydroxylation is 2. The summed E-state index contributed by atoms with van der Waals surface area (Å²) in [6.07, 6.45) is 0. The van der Waals surface area contributed by atoms with E-state index < -0.39 is 0 Å². The zero-order valence-corrected chi connectivity index (χ0v) is 5.96. The molecule has 0 aromatic carbocycles. The minimum absolute atomic E-state index is 0.347. The van der Waals surface area contributed by atoms with Gasteiger partial charge < -0.3 is 5.21 Å². The third kappa shape index (κ3) is 0.900. The Labute approximate surface area is 58.5 Å². The number of hydrogen-bond donors (Lipinski definition) is 1. The van der Waals surface area contributed by atoms with Crippen LogP contribution in [0.3, 0.4) is 0 Å². The van der Waals surface area contributed by atoms with Crippen molar-refractivity contribution in [2.24, 2.45) is 0 Å². The lowest BCUT2D eigenvalue weighted by Gasteiger charge is -2.00. The summed E-state index contributed by atoms with van der Waals surface area (Å²) in [5.41, 5.74) is 0.753. The molecule has 1 rings (SSSR count). The van der Waals surface area contributed by atoms with Gasteiger partial charge in [-0.1, -0.05) is 6.07 Å². The quantitative estimate of drug-likeness (QED) is 0.537. The highest BCUT2D eigenvalue weighted by atomic mass is 16.5. The first-order valence-corrected chi connectivity index (χ1v) is 3.01. The molecule has 0 amide bonds. The Morgan fingerprint density at radius 3 is 2.50 bits per heavy atom. The lowest BCUT2D eigenvalue weighted by molar-refractivity contribution is 0.167. The zero-order chi connectivity index (χ0) is 7.72. The van der Waals surface area contributed by atoms with Crippen molar-refractivity contribution in [3.8, 4) is 0 Å². The molecule has 0 atom stereocenters. The number of rotatable bonds is 0. The molecule has 0 saturated carbocycles. The third-order valence-electron chi connectivity index (χ3n) is 1.44. The van der Waals surface area contributed by atoms with Crippen LogP contribution < -0.4 is 5.56 Å². The first kappa shape index (κ1) is 6.86. The normalized spacial score (nSPS) is 9.80. The van der Waals surface area contributed by atoms with Crippen molar-refractivity contribution in [3.63, 3.8) is 0 Å². The molecule has 10 heavy (non-hydrogen) atoms. The number of hydrogen-bond acceptors (Lipinski definition) is 2. The van der Waals surface area contributed by atoms with Gasteiger partial charge >= 0.3 is 0 Å². The lowest BCUT2D eigenvalue weighted by atomic mass is 10.3. The lowest BCUT2D eigenvalue weighted by Crippen LogP contribution is -2.21. The molecule has 54 valence electrons. The van der Waals surface area contributed by atoms with E-state index in [4.69, 9.17) is 5.21 Å². The van der Waals surface area contributed by atoms with Crippen LogP contribution in [0.2, 0.25) is 0 Å². The van der Waals surface area contributed by atoms with Gasteiger partial charge in [0, 0.05) is 5.56 Å². The summed E-state index contributed by atoms with van der Waals surface area (Å²) in [7, 11) is 0. The van der Waals surface area contributed by atoms with Crippen molar-refractivity contribution in [2.45, 2.75) is 13.8 Å². The van der Waals surface area contributed by atoms with Crippen molar-refractivity contribution in [3.05, 3.63) is 33.7 Å². The van der Waals surface area contributed by atoms with Crippen molar-refractivity contribution >= 4 is 0 Å². The Morgan fingerprint density at radius 1 is 1.40 bits per heavy atom. The second-order valence-electron chi connectivity index (χ2n) is 2.27. The molecule has 0 aliphatic heterocycles. The minimum Gasteiger partial charge on any atom is -0.425 e. The average molecular weight is 139 g/mol. The van der Waals surface area contributed by atoms with Crippen LogP contribution in [-0.2, 0) is 0 Å². The molecular weight excluding hydrogens is 130 g/mol. The van der Waals surface area contributed by atoms with E-state index in [1.165, 1.54) is 0 Å². The Balaban J connectivity index is 3.50. The molecule has 1 aromatic heterocycles. The van der Waals surface area contributed by atoms with Crippen molar-refractivity contribution in [1.82, 2.24) is 4.73 Å². The standard InChI is InChI=1S/C7H9NO2/c1-5-3-4-6(2)8(10)7(5)9/h3-4,10H,1-2H3. The largest absolute Gasteiger partial charge is 0.425 e.